The lowest BCUT2D eigenvalue weighted by Crippen LogP contribution is -2.14. The smallest absolute Gasteiger partial charge is 0.326 e. The summed E-state index contributed by atoms with van der Waals surface area (Å²) >= 11 is 5.96. The lowest BCUT2D eigenvalue weighted by Gasteiger charge is -2.15. The van der Waals surface area contributed by atoms with Crippen molar-refractivity contribution in [3.63, 3.8) is 0 Å². The van der Waals surface area contributed by atoms with Crippen LogP contribution in [0.1, 0.15) is 22.8 Å². The summed E-state index contributed by atoms with van der Waals surface area (Å²) in [6.07, 6.45) is -4.71. The van der Waals surface area contributed by atoms with Gasteiger partial charge in [-0.2, -0.15) is 13.2 Å². The van der Waals surface area contributed by atoms with E-state index in [0.717, 1.165) is 19.1 Å². The predicted molar refractivity (Wildman–Crippen MR) is 92.4 cm³/mol. The predicted octanol–water partition coefficient (Wildman–Crippen LogP) is 4.44. The molecule has 2 aromatic carbocycles. The maximum absolute atomic E-state index is 13.3. The maximum atomic E-state index is 13.3. The van der Waals surface area contributed by atoms with Crippen molar-refractivity contribution in [1.29, 1.82) is 0 Å². The Hall–Kier alpha value is -2.94. The Morgan fingerprint density at radius 1 is 1.15 bits per heavy atom. The highest BCUT2D eigenvalue weighted by Gasteiger charge is 2.34. The highest BCUT2D eigenvalue weighted by molar-refractivity contribution is 6.34. The number of carbonyl (C=O) groups excluding carboxylic acids is 2. The van der Waals surface area contributed by atoms with Crippen LogP contribution in [0.25, 0.3) is 11.1 Å². The Morgan fingerprint density at radius 2 is 1.74 bits per heavy atom. The second-order valence-corrected chi connectivity index (χ2v) is 5.96. The number of Topliss-reactive ketones (excluding diaryl/α,β-unsaturated/α-hetero) is 1. The minimum absolute atomic E-state index is 0.0944. The monoisotopic (exact) mass is 400 g/mol. The van der Waals surface area contributed by atoms with E-state index in [1.54, 1.807) is 0 Å². The van der Waals surface area contributed by atoms with Gasteiger partial charge in [0.1, 0.15) is 0 Å². The minimum Gasteiger partial charge on any atom is -0.326 e. The Morgan fingerprint density at radius 3 is 2.26 bits per heavy atom. The number of benzene rings is 2. The number of anilines is 1. The number of amides is 1. The molecule has 0 unspecified atom stereocenters. The average molecular weight is 401 g/mol. The summed E-state index contributed by atoms with van der Waals surface area (Å²) in [6.45, 7) is 0.150. The SMILES string of the molecule is CC(=O)Nc1ccc(-c2ccc(C(=O)C[N+](=O)[O-])c(Cl)c2)cc1C(F)(F)F. The molecular weight excluding hydrogens is 389 g/mol. The van der Waals surface area contributed by atoms with E-state index in [1.807, 2.05) is 0 Å². The molecule has 0 aliphatic carbocycles. The first-order valence-electron chi connectivity index (χ1n) is 7.43. The second kappa shape index (κ2) is 7.75. The third-order valence-corrected chi connectivity index (χ3v) is 3.82. The minimum atomic E-state index is -4.71. The van der Waals surface area contributed by atoms with Crippen LogP contribution in [0.2, 0.25) is 5.02 Å². The fraction of sp³-hybridized carbons (Fsp3) is 0.176. The quantitative estimate of drug-likeness (QED) is 0.456. The largest absolute Gasteiger partial charge is 0.418 e. The number of hydrogen-bond donors (Lipinski definition) is 1. The number of nitrogens with zero attached hydrogens (tertiary/aromatic N) is 1. The van der Waals surface area contributed by atoms with Crippen LogP contribution in [0.5, 0.6) is 0 Å². The second-order valence-electron chi connectivity index (χ2n) is 5.55. The standard InChI is InChI=1S/C17H12ClF3N2O4/c1-9(24)22-15-5-3-10(6-13(15)17(19,20)21)11-2-4-12(14(18)7-11)16(25)8-23(26)27/h2-7H,8H2,1H3,(H,22,24). The summed E-state index contributed by atoms with van der Waals surface area (Å²) in [4.78, 5) is 32.5. The maximum Gasteiger partial charge on any atom is 0.418 e. The van der Waals surface area contributed by atoms with Gasteiger partial charge in [0.15, 0.2) is 0 Å². The van der Waals surface area contributed by atoms with Crippen molar-refractivity contribution in [3.05, 3.63) is 62.7 Å². The summed E-state index contributed by atoms with van der Waals surface area (Å²) in [5, 5.41) is 12.4. The molecule has 0 aromatic heterocycles. The summed E-state index contributed by atoms with van der Waals surface area (Å²) < 4.78 is 39.8. The van der Waals surface area contributed by atoms with Gasteiger partial charge in [0.25, 0.3) is 6.54 Å². The van der Waals surface area contributed by atoms with Crippen LogP contribution in [-0.2, 0) is 11.0 Å². The molecule has 0 aliphatic heterocycles. The van der Waals surface area contributed by atoms with E-state index in [2.05, 4.69) is 5.32 Å². The van der Waals surface area contributed by atoms with E-state index >= 15 is 0 Å². The zero-order valence-electron chi connectivity index (χ0n) is 13.8. The Labute approximate surface area is 156 Å². The molecule has 2 rings (SSSR count). The van der Waals surface area contributed by atoms with E-state index in [4.69, 9.17) is 11.6 Å². The third kappa shape index (κ3) is 5.04. The third-order valence-electron chi connectivity index (χ3n) is 3.51. The molecule has 10 heteroatoms. The van der Waals surface area contributed by atoms with Gasteiger partial charge < -0.3 is 5.32 Å². The van der Waals surface area contributed by atoms with Crippen LogP contribution in [0.15, 0.2) is 36.4 Å². The van der Waals surface area contributed by atoms with E-state index in [9.17, 15) is 32.9 Å². The van der Waals surface area contributed by atoms with Gasteiger partial charge in [-0.25, -0.2) is 0 Å². The Kier molecular flexibility index (Phi) is 5.85. The van der Waals surface area contributed by atoms with Crippen molar-refractivity contribution in [3.8, 4) is 11.1 Å². The summed E-state index contributed by atoms with van der Waals surface area (Å²) in [7, 11) is 0. The summed E-state index contributed by atoms with van der Waals surface area (Å²) in [5.74, 6) is -1.46. The van der Waals surface area contributed by atoms with Crippen molar-refractivity contribution < 1.29 is 27.7 Å². The van der Waals surface area contributed by atoms with Crippen LogP contribution in [0.3, 0.4) is 0 Å². The number of ketones is 1. The molecule has 2 aromatic rings. The molecule has 0 saturated heterocycles. The average Bonchev–Trinajstić information content (AvgIpc) is 2.52. The van der Waals surface area contributed by atoms with Gasteiger partial charge in [-0.3, -0.25) is 19.7 Å². The van der Waals surface area contributed by atoms with Crippen LogP contribution < -0.4 is 5.32 Å². The number of halogens is 4. The van der Waals surface area contributed by atoms with Crippen molar-refractivity contribution >= 4 is 29.0 Å². The number of hydrogen-bond acceptors (Lipinski definition) is 4. The summed E-state index contributed by atoms with van der Waals surface area (Å²) in [5.41, 5.74) is -1.10. The number of nitrogens with one attached hydrogen (secondary N) is 1. The topological polar surface area (TPSA) is 89.3 Å². The fourth-order valence-corrected chi connectivity index (χ4v) is 2.67. The van der Waals surface area contributed by atoms with E-state index < -0.39 is 34.9 Å². The molecule has 6 nitrogen and oxygen atoms in total. The first kappa shape index (κ1) is 20.4. The molecule has 1 amide bonds. The molecule has 0 aliphatic rings. The van der Waals surface area contributed by atoms with Crippen LogP contribution in [0.4, 0.5) is 18.9 Å². The van der Waals surface area contributed by atoms with E-state index in [-0.39, 0.29) is 27.4 Å². The Bertz CT molecular complexity index is 929. The van der Waals surface area contributed by atoms with Gasteiger partial charge >= 0.3 is 6.18 Å². The summed E-state index contributed by atoms with van der Waals surface area (Å²) in [6, 6.07) is 7.12. The molecule has 0 spiro atoms. The number of alkyl halides is 3. The van der Waals surface area contributed by atoms with E-state index in [0.29, 0.717) is 0 Å². The Balaban J connectivity index is 2.46. The van der Waals surface area contributed by atoms with E-state index in [1.165, 1.54) is 24.3 Å². The van der Waals surface area contributed by atoms with Crippen molar-refractivity contribution in [2.75, 3.05) is 11.9 Å². The van der Waals surface area contributed by atoms with Crippen molar-refractivity contribution in [1.82, 2.24) is 0 Å². The lowest BCUT2D eigenvalue weighted by atomic mass is 9.99. The van der Waals surface area contributed by atoms with Gasteiger partial charge in [-0.05, 0) is 35.4 Å². The molecule has 27 heavy (non-hydrogen) atoms. The number of carbonyl (C=O) groups is 2. The molecule has 0 atom stereocenters. The molecular formula is C17H12ClF3N2O4. The highest BCUT2D eigenvalue weighted by atomic mass is 35.5. The van der Waals surface area contributed by atoms with Crippen molar-refractivity contribution in [2.24, 2.45) is 0 Å². The van der Waals surface area contributed by atoms with Crippen molar-refractivity contribution in [2.45, 2.75) is 13.1 Å². The highest BCUT2D eigenvalue weighted by Crippen LogP contribution is 2.38. The van der Waals surface area contributed by atoms with Gasteiger partial charge in [0.05, 0.1) is 16.3 Å². The molecule has 0 radical (unpaired) electrons. The van der Waals surface area contributed by atoms with Gasteiger partial charge in [0, 0.05) is 17.4 Å². The molecule has 0 fully saturated rings. The van der Waals surface area contributed by atoms with Crippen LogP contribution in [-0.4, -0.2) is 23.2 Å². The first-order chi connectivity index (χ1) is 12.5. The number of nitro groups is 1. The molecule has 0 bridgehead atoms. The molecule has 1 N–H and O–H groups in total. The normalized spacial score (nSPS) is 11.1. The van der Waals surface area contributed by atoms with Gasteiger partial charge in [-0.1, -0.05) is 23.7 Å². The van der Waals surface area contributed by atoms with Crippen LogP contribution in [0, 0.1) is 10.1 Å². The lowest BCUT2D eigenvalue weighted by molar-refractivity contribution is -0.465. The first-order valence-corrected chi connectivity index (χ1v) is 7.80. The fourth-order valence-electron chi connectivity index (χ4n) is 2.38. The van der Waals surface area contributed by atoms with Gasteiger partial charge in [-0.15, -0.1) is 0 Å². The molecule has 0 heterocycles. The number of rotatable bonds is 5. The zero-order chi connectivity index (χ0) is 20.4. The molecule has 0 saturated carbocycles. The van der Waals surface area contributed by atoms with Crippen LogP contribution >= 0.6 is 11.6 Å². The molecule has 142 valence electrons. The zero-order valence-corrected chi connectivity index (χ0v) is 14.5. The van der Waals surface area contributed by atoms with Gasteiger partial charge in [0.2, 0.25) is 11.7 Å².